The number of non-ortho nitro benzene ring substituents is 1. The van der Waals surface area contributed by atoms with Gasteiger partial charge in [-0.05, 0) is 43.3 Å². The van der Waals surface area contributed by atoms with Gasteiger partial charge in [0.25, 0.3) is 11.6 Å². The fraction of sp³-hybridized carbons (Fsp3) is 0.0870. The van der Waals surface area contributed by atoms with Crippen LogP contribution in [0.15, 0.2) is 72.8 Å². The van der Waals surface area contributed by atoms with Crippen molar-refractivity contribution in [3.63, 3.8) is 0 Å². The molecule has 0 aromatic heterocycles. The first-order chi connectivity index (χ1) is 15.3. The number of carbonyl (C=O) groups excluding carboxylic acids is 3. The van der Waals surface area contributed by atoms with Crippen molar-refractivity contribution in [2.24, 2.45) is 0 Å². The fourth-order valence-electron chi connectivity index (χ4n) is 2.83. The van der Waals surface area contributed by atoms with Gasteiger partial charge in [-0.15, -0.1) is 0 Å². The van der Waals surface area contributed by atoms with Gasteiger partial charge in [0.15, 0.2) is 11.9 Å². The standard InChI is InChI=1S/C23H17ClN2O6/c1-14(22(28)25-17-5-4-6-18(13-17)26(30)31)32-23(29)20-8-3-2-7-19(20)21(27)15-9-11-16(24)12-10-15/h2-14H,1H3,(H,25,28). The molecule has 0 fully saturated rings. The van der Waals surface area contributed by atoms with Gasteiger partial charge in [-0.25, -0.2) is 4.79 Å². The number of carbonyl (C=O) groups is 3. The zero-order valence-electron chi connectivity index (χ0n) is 16.8. The normalized spacial score (nSPS) is 11.3. The number of hydrogen-bond acceptors (Lipinski definition) is 6. The lowest BCUT2D eigenvalue weighted by Gasteiger charge is -2.15. The summed E-state index contributed by atoms with van der Waals surface area (Å²) in [4.78, 5) is 48.2. The highest BCUT2D eigenvalue weighted by atomic mass is 35.5. The van der Waals surface area contributed by atoms with Crippen molar-refractivity contribution in [2.45, 2.75) is 13.0 Å². The summed E-state index contributed by atoms with van der Waals surface area (Å²) in [6.07, 6.45) is -1.22. The first-order valence-electron chi connectivity index (χ1n) is 9.42. The molecule has 3 rings (SSSR count). The van der Waals surface area contributed by atoms with E-state index in [2.05, 4.69) is 5.32 Å². The summed E-state index contributed by atoms with van der Waals surface area (Å²) in [6, 6.07) is 17.7. The van der Waals surface area contributed by atoms with Gasteiger partial charge in [0, 0.05) is 34.0 Å². The lowest BCUT2D eigenvalue weighted by Crippen LogP contribution is -2.30. The van der Waals surface area contributed by atoms with Crippen LogP contribution in [0.1, 0.15) is 33.2 Å². The first-order valence-corrected chi connectivity index (χ1v) is 9.79. The van der Waals surface area contributed by atoms with Gasteiger partial charge in [0.2, 0.25) is 0 Å². The number of hydrogen-bond donors (Lipinski definition) is 1. The van der Waals surface area contributed by atoms with Crippen LogP contribution in [0, 0.1) is 10.1 Å². The molecule has 0 heterocycles. The Morgan fingerprint density at radius 3 is 2.28 bits per heavy atom. The highest BCUT2D eigenvalue weighted by molar-refractivity contribution is 6.30. The zero-order chi connectivity index (χ0) is 23.3. The zero-order valence-corrected chi connectivity index (χ0v) is 17.5. The molecular formula is C23H17ClN2O6. The van der Waals surface area contributed by atoms with E-state index in [-0.39, 0.29) is 22.5 Å². The quantitative estimate of drug-likeness (QED) is 0.241. The largest absolute Gasteiger partial charge is 0.449 e. The van der Waals surface area contributed by atoms with Gasteiger partial charge in [0.1, 0.15) is 0 Å². The number of nitro groups is 1. The molecule has 0 saturated carbocycles. The van der Waals surface area contributed by atoms with Crippen molar-refractivity contribution in [1.29, 1.82) is 0 Å². The predicted molar refractivity (Wildman–Crippen MR) is 118 cm³/mol. The smallest absolute Gasteiger partial charge is 0.339 e. The fourth-order valence-corrected chi connectivity index (χ4v) is 2.96. The highest BCUT2D eigenvalue weighted by Crippen LogP contribution is 2.20. The van der Waals surface area contributed by atoms with Crippen LogP contribution in [0.3, 0.4) is 0 Å². The number of ketones is 1. The minimum Gasteiger partial charge on any atom is -0.449 e. The second kappa shape index (κ2) is 9.84. The van der Waals surface area contributed by atoms with Crippen LogP contribution in [0.5, 0.6) is 0 Å². The summed E-state index contributed by atoms with van der Waals surface area (Å²) in [5.41, 5.74) is 0.451. The van der Waals surface area contributed by atoms with E-state index >= 15 is 0 Å². The Morgan fingerprint density at radius 2 is 1.62 bits per heavy atom. The van der Waals surface area contributed by atoms with Crippen LogP contribution in [0.2, 0.25) is 5.02 Å². The van der Waals surface area contributed by atoms with Crippen molar-refractivity contribution < 1.29 is 24.0 Å². The van der Waals surface area contributed by atoms with E-state index in [1.165, 1.54) is 43.3 Å². The maximum Gasteiger partial charge on any atom is 0.339 e. The average Bonchev–Trinajstić information content (AvgIpc) is 2.79. The van der Waals surface area contributed by atoms with E-state index in [4.69, 9.17) is 16.3 Å². The lowest BCUT2D eigenvalue weighted by atomic mass is 9.98. The highest BCUT2D eigenvalue weighted by Gasteiger charge is 2.24. The van der Waals surface area contributed by atoms with E-state index in [9.17, 15) is 24.5 Å². The molecule has 1 atom stereocenters. The summed E-state index contributed by atoms with van der Waals surface area (Å²) in [7, 11) is 0. The molecule has 1 N–H and O–H groups in total. The van der Waals surface area contributed by atoms with Gasteiger partial charge < -0.3 is 10.1 Å². The number of nitro benzene ring substituents is 1. The summed E-state index contributed by atoms with van der Waals surface area (Å²) < 4.78 is 5.24. The SMILES string of the molecule is CC(OC(=O)c1ccccc1C(=O)c1ccc(Cl)cc1)C(=O)Nc1cccc([N+](=O)[O-])c1. The van der Waals surface area contributed by atoms with Crippen LogP contribution in [-0.4, -0.2) is 28.7 Å². The van der Waals surface area contributed by atoms with Crippen LogP contribution in [-0.2, 0) is 9.53 Å². The summed E-state index contributed by atoms with van der Waals surface area (Å²) >= 11 is 5.86. The number of rotatable bonds is 7. The Labute approximate surface area is 187 Å². The molecule has 0 aliphatic rings. The molecule has 1 amide bonds. The number of nitrogens with one attached hydrogen (secondary N) is 1. The molecule has 3 aromatic carbocycles. The summed E-state index contributed by atoms with van der Waals surface area (Å²) in [5.74, 6) is -1.94. The first kappa shape index (κ1) is 22.6. The van der Waals surface area contributed by atoms with Gasteiger partial charge in [-0.3, -0.25) is 19.7 Å². The van der Waals surface area contributed by atoms with Crippen LogP contribution < -0.4 is 5.32 Å². The van der Waals surface area contributed by atoms with E-state index in [1.807, 2.05) is 0 Å². The minimum atomic E-state index is -1.22. The number of amides is 1. The van der Waals surface area contributed by atoms with Gasteiger partial charge >= 0.3 is 5.97 Å². The van der Waals surface area contributed by atoms with Crippen LogP contribution >= 0.6 is 11.6 Å². The Balaban J connectivity index is 1.73. The van der Waals surface area contributed by atoms with Crippen molar-refractivity contribution in [3.8, 4) is 0 Å². The second-order valence-corrected chi connectivity index (χ2v) is 7.16. The molecule has 0 bridgehead atoms. The number of nitrogens with zero attached hydrogens (tertiary/aromatic N) is 1. The molecule has 32 heavy (non-hydrogen) atoms. The number of benzene rings is 3. The van der Waals surface area contributed by atoms with Crippen molar-refractivity contribution in [2.75, 3.05) is 5.32 Å². The molecule has 1 unspecified atom stereocenters. The lowest BCUT2D eigenvalue weighted by molar-refractivity contribution is -0.384. The number of esters is 1. The molecule has 9 heteroatoms. The van der Waals surface area contributed by atoms with Gasteiger partial charge in [-0.2, -0.15) is 0 Å². The van der Waals surface area contributed by atoms with E-state index in [0.29, 0.717) is 10.6 Å². The van der Waals surface area contributed by atoms with Crippen LogP contribution in [0.25, 0.3) is 0 Å². The van der Waals surface area contributed by atoms with Crippen molar-refractivity contribution >= 4 is 40.6 Å². The van der Waals surface area contributed by atoms with Gasteiger partial charge in [0.05, 0.1) is 10.5 Å². The van der Waals surface area contributed by atoms with E-state index in [0.717, 1.165) is 0 Å². The Morgan fingerprint density at radius 1 is 0.969 bits per heavy atom. The molecular weight excluding hydrogens is 436 g/mol. The molecule has 0 spiro atoms. The maximum absolute atomic E-state index is 12.8. The minimum absolute atomic E-state index is 0.00227. The van der Waals surface area contributed by atoms with Crippen LogP contribution in [0.4, 0.5) is 11.4 Å². The van der Waals surface area contributed by atoms with E-state index in [1.54, 1.807) is 36.4 Å². The number of halogens is 1. The van der Waals surface area contributed by atoms with Crippen molar-refractivity contribution in [1.82, 2.24) is 0 Å². The topological polar surface area (TPSA) is 116 Å². The van der Waals surface area contributed by atoms with Gasteiger partial charge in [-0.1, -0.05) is 35.9 Å². The third-order valence-corrected chi connectivity index (χ3v) is 4.73. The Kier molecular flexibility index (Phi) is 6.97. The molecule has 0 aliphatic carbocycles. The molecule has 162 valence electrons. The second-order valence-electron chi connectivity index (χ2n) is 6.73. The van der Waals surface area contributed by atoms with Crippen molar-refractivity contribution in [3.05, 3.63) is 105 Å². The number of anilines is 1. The third kappa shape index (κ3) is 5.35. The Bertz CT molecular complexity index is 1190. The predicted octanol–water partition coefficient (Wildman–Crippen LogP) is 4.66. The molecule has 8 nitrogen and oxygen atoms in total. The molecule has 0 radical (unpaired) electrons. The van der Waals surface area contributed by atoms with E-state index < -0.39 is 28.7 Å². The molecule has 0 aliphatic heterocycles. The maximum atomic E-state index is 12.8. The summed E-state index contributed by atoms with van der Waals surface area (Å²) in [5, 5.41) is 13.8. The molecule has 0 saturated heterocycles. The summed E-state index contributed by atoms with van der Waals surface area (Å²) in [6.45, 7) is 1.36. The molecule has 3 aromatic rings. The average molecular weight is 453 g/mol. The Hall–Kier alpha value is -4.04. The third-order valence-electron chi connectivity index (χ3n) is 4.48. The monoisotopic (exact) mass is 452 g/mol. The number of ether oxygens (including phenoxy) is 1.